The average Bonchev–Trinajstić information content (AvgIpc) is 1.92. The topological polar surface area (TPSA) is 46.2 Å². The molecule has 0 saturated heterocycles. The predicted molar refractivity (Wildman–Crippen MR) is 44.0 cm³/mol. The van der Waals surface area contributed by atoms with E-state index in [1.165, 1.54) is 19.3 Å². The van der Waals surface area contributed by atoms with Crippen molar-refractivity contribution in [1.29, 1.82) is 0 Å². The molecule has 0 radical (unpaired) electrons. The van der Waals surface area contributed by atoms with Gasteiger partial charge in [-0.2, -0.15) is 0 Å². The third-order valence-electron chi connectivity index (χ3n) is 3.33. The zero-order valence-electron chi connectivity index (χ0n) is 6.87. The standard InChI is InChI=1S/C9H17NO/c10-8-4-6-2-1-3-7(5-8)9(6)11/h6-9,11H,1-5,10H2/t6-,7+,8?,9?. The molecule has 2 nitrogen and oxygen atoms in total. The second kappa shape index (κ2) is 2.76. The van der Waals surface area contributed by atoms with E-state index in [4.69, 9.17) is 5.73 Å². The number of hydrogen-bond acceptors (Lipinski definition) is 2. The minimum Gasteiger partial charge on any atom is -0.393 e. The van der Waals surface area contributed by atoms with Gasteiger partial charge in [0.05, 0.1) is 6.10 Å². The molecule has 0 aromatic carbocycles. The van der Waals surface area contributed by atoms with Crippen LogP contribution in [0.5, 0.6) is 0 Å². The summed E-state index contributed by atoms with van der Waals surface area (Å²) in [5, 5.41) is 9.75. The number of hydrogen-bond donors (Lipinski definition) is 2. The van der Waals surface area contributed by atoms with Gasteiger partial charge in [-0.3, -0.25) is 0 Å². The summed E-state index contributed by atoms with van der Waals surface area (Å²) in [7, 11) is 0. The molecule has 2 saturated carbocycles. The molecule has 0 amide bonds. The first kappa shape index (κ1) is 7.56. The Morgan fingerprint density at radius 3 is 2.18 bits per heavy atom. The smallest absolute Gasteiger partial charge is 0.0597 e. The van der Waals surface area contributed by atoms with Gasteiger partial charge in [0.15, 0.2) is 0 Å². The molecule has 2 fully saturated rings. The van der Waals surface area contributed by atoms with Crippen LogP contribution in [0, 0.1) is 11.8 Å². The van der Waals surface area contributed by atoms with E-state index in [9.17, 15) is 5.11 Å². The van der Waals surface area contributed by atoms with Crippen molar-refractivity contribution >= 4 is 0 Å². The Balaban J connectivity index is 2.07. The zero-order valence-corrected chi connectivity index (χ0v) is 6.87. The van der Waals surface area contributed by atoms with E-state index >= 15 is 0 Å². The second-order valence-electron chi connectivity index (χ2n) is 4.17. The molecule has 2 rings (SSSR count). The van der Waals surface area contributed by atoms with Crippen LogP contribution >= 0.6 is 0 Å². The molecule has 3 N–H and O–H groups in total. The van der Waals surface area contributed by atoms with Crippen LogP contribution in [-0.2, 0) is 0 Å². The normalized spacial score (nSPS) is 50.7. The summed E-state index contributed by atoms with van der Waals surface area (Å²) in [5.41, 5.74) is 5.88. The maximum absolute atomic E-state index is 9.75. The Morgan fingerprint density at radius 1 is 1.09 bits per heavy atom. The van der Waals surface area contributed by atoms with Crippen molar-refractivity contribution in [1.82, 2.24) is 0 Å². The molecule has 0 heterocycles. The lowest BCUT2D eigenvalue weighted by molar-refractivity contribution is -0.0202. The van der Waals surface area contributed by atoms with Gasteiger partial charge in [0, 0.05) is 6.04 Å². The molecule has 2 bridgehead atoms. The van der Waals surface area contributed by atoms with Crippen LogP contribution in [0.25, 0.3) is 0 Å². The highest BCUT2D eigenvalue weighted by Crippen LogP contribution is 2.39. The third-order valence-corrected chi connectivity index (χ3v) is 3.33. The van der Waals surface area contributed by atoms with E-state index < -0.39 is 0 Å². The Hall–Kier alpha value is -0.0800. The van der Waals surface area contributed by atoms with Crippen LogP contribution < -0.4 is 5.73 Å². The highest BCUT2D eigenvalue weighted by Gasteiger charge is 2.37. The van der Waals surface area contributed by atoms with Crippen molar-refractivity contribution in [2.45, 2.75) is 44.2 Å². The number of aliphatic hydroxyl groups is 1. The molecule has 0 aromatic rings. The molecule has 64 valence electrons. The zero-order chi connectivity index (χ0) is 7.84. The van der Waals surface area contributed by atoms with E-state index in [2.05, 4.69) is 0 Å². The first-order valence-corrected chi connectivity index (χ1v) is 4.71. The average molecular weight is 155 g/mol. The van der Waals surface area contributed by atoms with Crippen LogP contribution in [0.4, 0.5) is 0 Å². The lowest BCUT2D eigenvalue weighted by atomic mass is 9.68. The summed E-state index contributed by atoms with van der Waals surface area (Å²) in [4.78, 5) is 0. The molecule has 4 atom stereocenters. The summed E-state index contributed by atoms with van der Waals surface area (Å²) in [6, 6.07) is 0.369. The number of fused-ring (bicyclic) bond motifs is 2. The van der Waals surface area contributed by atoms with Gasteiger partial charge in [0.25, 0.3) is 0 Å². The molecule has 0 aliphatic heterocycles. The second-order valence-corrected chi connectivity index (χ2v) is 4.17. The van der Waals surface area contributed by atoms with Crippen LogP contribution in [0.2, 0.25) is 0 Å². The fraction of sp³-hybridized carbons (Fsp3) is 1.00. The highest BCUT2D eigenvalue weighted by molar-refractivity contribution is 4.90. The highest BCUT2D eigenvalue weighted by atomic mass is 16.3. The number of rotatable bonds is 0. The summed E-state index contributed by atoms with van der Waals surface area (Å²) >= 11 is 0. The Kier molecular flexibility index (Phi) is 1.90. The molecule has 0 spiro atoms. The van der Waals surface area contributed by atoms with E-state index in [0.717, 1.165) is 12.8 Å². The van der Waals surface area contributed by atoms with Gasteiger partial charge in [-0.05, 0) is 37.5 Å². The first-order valence-electron chi connectivity index (χ1n) is 4.71. The molecule has 2 aliphatic rings. The Bertz CT molecular complexity index is 134. The summed E-state index contributed by atoms with van der Waals surface area (Å²) in [5.74, 6) is 1.05. The largest absolute Gasteiger partial charge is 0.393 e. The third kappa shape index (κ3) is 1.30. The maximum atomic E-state index is 9.75. The Labute approximate surface area is 67.8 Å². The van der Waals surface area contributed by atoms with Gasteiger partial charge >= 0.3 is 0 Å². The Morgan fingerprint density at radius 2 is 1.64 bits per heavy atom. The number of aliphatic hydroxyl groups excluding tert-OH is 1. The summed E-state index contributed by atoms with van der Waals surface area (Å²) in [6.45, 7) is 0. The van der Waals surface area contributed by atoms with Gasteiger partial charge in [-0.1, -0.05) is 6.42 Å². The van der Waals surface area contributed by atoms with Crippen molar-refractivity contribution in [3.63, 3.8) is 0 Å². The monoisotopic (exact) mass is 155 g/mol. The first-order chi connectivity index (χ1) is 5.27. The van der Waals surface area contributed by atoms with Crippen molar-refractivity contribution in [2.24, 2.45) is 17.6 Å². The van der Waals surface area contributed by atoms with Gasteiger partial charge < -0.3 is 10.8 Å². The van der Waals surface area contributed by atoms with Gasteiger partial charge in [-0.25, -0.2) is 0 Å². The minimum absolute atomic E-state index is 0.0245. The van der Waals surface area contributed by atoms with Gasteiger partial charge in [0.1, 0.15) is 0 Å². The summed E-state index contributed by atoms with van der Waals surface area (Å²) in [6.07, 6.45) is 5.79. The van der Waals surface area contributed by atoms with E-state index in [-0.39, 0.29) is 6.10 Å². The molecular weight excluding hydrogens is 138 g/mol. The lowest BCUT2D eigenvalue weighted by Crippen LogP contribution is -2.45. The van der Waals surface area contributed by atoms with Gasteiger partial charge in [-0.15, -0.1) is 0 Å². The minimum atomic E-state index is -0.0245. The van der Waals surface area contributed by atoms with Gasteiger partial charge in [0.2, 0.25) is 0 Å². The van der Waals surface area contributed by atoms with Crippen molar-refractivity contribution in [2.75, 3.05) is 0 Å². The molecule has 2 unspecified atom stereocenters. The van der Waals surface area contributed by atoms with Crippen LogP contribution in [-0.4, -0.2) is 17.3 Å². The quantitative estimate of drug-likeness (QED) is 0.545. The molecule has 11 heavy (non-hydrogen) atoms. The number of nitrogens with two attached hydrogens (primary N) is 1. The van der Waals surface area contributed by atoms with Crippen LogP contribution in [0.15, 0.2) is 0 Å². The SMILES string of the molecule is NC1C[C@H]2CCC[C@@H](C1)C2O. The van der Waals surface area contributed by atoms with E-state index in [1.54, 1.807) is 0 Å². The molecular formula is C9H17NO. The fourth-order valence-electron chi connectivity index (χ4n) is 2.76. The van der Waals surface area contributed by atoms with Crippen LogP contribution in [0.1, 0.15) is 32.1 Å². The van der Waals surface area contributed by atoms with E-state index in [1.807, 2.05) is 0 Å². The van der Waals surface area contributed by atoms with Crippen molar-refractivity contribution in [3.05, 3.63) is 0 Å². The van der Waals surface area contributed by atoms with E-state index in [0.29, 0.717) is 17.9 Å². The maximum Gasteiger partial charge on any atom is 0.0597 e. The molecule has 2 heteroatoms. The van der Waals surface area contributed by atoms with Crippen LogP contribution in [0.3, 0.4) is 0 Å². The lowest BCUT2D eigenvalue weighted by Gasteiger charge is -2.42. The fourth-order valence-corrected chi connectivity index (χ4v) is 2.76. The molecule has 0 aromatic heterocycles. The van der Waals surface area contributed by atoms with Crippen molar-refractivity contribution < 1.29 is 5.11 Å². The summed E-state index contributed by atoms with van der Waals surface area (Å²) < 4.78 is 0. The predicted octanol–water partition coefficient (Wildman–Crippen LogP) is 0.885. The van der Waals surface area contributed by atoms with Crippen molar-refractivity contribution in [3.8, 4) is 0 Å². The molecule has 2 aliphatic carbocycles.